The predicted molar refractivity (Wildman–Crippen MR) is 68.0 cm³/mol. The number of ether oxygens (including phenoxy) is 1. The highest BCUT2D eigenvalue weighted by Gasteiger charge is 2.15. The number of esters is 1. The number of benzene rings is 1. The van der Waals surface area contributed by atoms with Crippen LogP contribution in [0.5, 0.6) is 0 Å². The Morgan fingerprint density at radius 3 is 2.76 bits per heavy atom. The molecule has 1 aromatic heterocycles. The molecule has 2 aromatic rings. The lowest BCUT2D eigenvalue weighted by Gasteiger charge is -2.06. The molecule has 0 aliphatic heterocycles. The van der Waals surface area contributed by atoms with E-state index in [4.69, 9.17) is 10.5 Å². The normalized spacial score (nSPS) is 10.7. The Morgan fingerprint density at radius 2 is 2.12 bits per heavy atom. The predicted octanol–water partition coefficient (Wildman–Crippen LogP) is 2.42. The Bertz CT molecular complexity index is 558. The van der Waals surface area contributed by atoms with Crippen LogP contribution in [0.25, 0.3) is 10.9 Å². The molecule has 0 bridgehead atoms. The van der Waals surface area contributed by atoms with E-state index in [1.54, 1.807) is 6.92 Å². The summed E-state index contributed by atoms with van der Waals surface area (Å²) < 4.78 is 6.98. The summed E-state index contributed by atoms with van der Waals surface area (Å²) in [6.45, 7) is 4.90. The molecule has 1 aromatic carbocycles. The van der Waals surface area contributed by atoms with Crippen LogP contribution in [-0.4, -0.2) is 17.1 Å². The molecule has 2 N–H and O–H groups in total. The van der Waals surface area contributed by atoms with Crippen molar-refractivity contribution in [1.29, 1.82) is 0 Å². The number of hydrogen-bond acceptors (Lipinski definition) is 3. The molecular formula is C13H16N2O2. The van der Waals surface area contributed by atoms with Crippen molar-refractivity contribution < 1.29 is 9.53 Å². The van der Waals surface area contributed by atoms with E-state index in [2.05, 4.69) is 0 Å². The molecule has 0 amide bonds. The Labute approximate surface area is 100.0 Å². The summed E-state index contributed by atoms with van der Waals surface area (Å²) in [4.78, 5) is 11.8. The van der Waals surface area contributed by atoms with E-state index in [0.717, 1.165) is 17.4 Å². The van der Waals surface area contributed by atoms with Gasteiger partial charge in [-0.2, -0.15) is 0 Å². The van der Waals surface area contributed by atoms with Crippen molar-refractivity contribution in [3.8, 4) is 0 Å². The van der Waals surface area contributed by atoms with Gasteiger partial charge in [0.2, 0.25) is 0 Å². The molecule has 17 heavy (non-hydrogen) atoms. The van der Waals surface area contributed by atoms with Gasteiger partial charge in [-0.1, -0.05) is 0 Å². The molecule has 0 aliphatic carbocycles. The second-order valence-electron chi connectivity index (χ2n) is 3.81. The summed E-state index contributed by atoms with van der Waals surface area (Å²) in [7, 11) is 0. The van der Waals surface area contributed by atoms with Crippen LogP contribution in [0.4, 0.5) is 5.69 Å². The Balaban J connectivity index is 2.59. The average Bonchev–Trinajstić information content (AvgIpc) is 2.66. The molecule has 90 valence electrons. The Hall–Kier alpha value is -1.97. The van der Waals surface area contributed by atoms with E-state index in [0.29, 0.717) is 18.0 Å². The second-order valence-corrected chi connectivity index (χ2v) is 3.81. The molecule has 0 fully saturated rings. The lowest BCUT2D eigenvalue weighted by atomic mass is 10.2. The summed E-state index contributed by atoms with van der Waals surface area (Å²) in [5, 5.41) is 0.968. The van der Waals surface area contributed by atoms with Crippen LogP contribution in [0.15, 0.2) is 24.3 Å². The highest BCUT2D eigenvalue weighted by Crippen LogP contribution is 2.22. The van der Waals surface area contributed by atoms with Crippen LogP contribution >= 0.6 is 0 Å². The molecule has 4 heteroatoms. The first kappa shape index (κ1) is 11.5. The second kappa shape index (κ2) is 4.49. The van der Waals surface area contributed by atoms with Gasteiger partial charge >= 0.3 is 5.97 Å². The molecule has 0 unspecified atom stereocenters. The highest BCUT2D eigenvalue weighted by atomic mass is 16.5. The van der Waals surface area contributed by atoms with Crippen LogP contribution in [0.2, 0.25) is 0 Å². The quantitative estimate of drug-likeness (QED) is 0.653. The smallest absolute Gasteiger partial charge is 0.354 e. The van der Waals surface area contributed by atoms with Gasteiger partial charge in [0.25, 0.3) is 0 Å². The fourth-order valence-corrected chi connectivity index (χ4v) is 2.00. The number of carbonyl (C=O) groups excluding carboxylic acids is 1. The van der Waals surface area contributed by atoms with Gasteiger partial charge < -0.3 is 15.0 Å². The zero-order valence-electron chi connectivity index (χ0n) is 10.1. The maximum absolute atomic E-state index is 11.8. The van der Waals surface area contributed by atoms with Gasteiger partial charge in [0.15, 0.2) is 0 Å². The lowest BCUT2D eigenvalue weighted by Crippen LogP contribution is -2.11. The first-order valence-corrected chi connectivity index (χ1v) is 5.73. The molecular weight excluding hydrogens is 216 g/mol. The first-order valence-electron chi connectivity index (χ1n) is 5.73. The summed E-state index contributed by atoms with van der Waals surface area (Å²) in [6, 6.07) is 7.46. The van der Waals surface area contributed by atoms with E-state index in [1.165, 1.54) is 0 Å². The molecule has 0 spiro atoms. The molecule has 0 atom stereocenters. The molecule has 0 aliphatic rings. The van der Waals surface area contributed by atoms with Crippen LogP contribution in [0, 0.1) is 0 Å². The number of nitrogen functional groups attached to an aromatic ring is 1. The largest absolute Gasteiger partial charge is 0.461 e. The molecule has 4 nitrogen and oxygen atoms in total. The number of fused-ring (bicyclic) bond motifs is 1. The number of anilines is 1. The Morgan fingerprint density at radius 1 is 1.35 bits per heavy atom. The van der Waals surface area contributed by atoms with Crippen LogP contribution in [0.1, 0.15) is 24.3 Å². The van der Waals surface area contributed by atoms with Crippen molar-refractivity contribution in [2.45, 2.75) is 20.4 Å². The average molecular weight is 232 g/mol. The fourth-order valence-electron chi connectivity index (χ4n) is 2.00. The van der Waals surface area contributed by atoms with E-state index < -0.39 is 0 Å². The third kappa shape index (κ3) is 1.98. The number of nitrogens with zero attached hydrogens (tertiary/aromatic N) is 1. The summed E-state index contributed by atoms with van der Waals surface area (Å²) in [6.07, 6.45) is 0. The number of aryl methyl sites for hydroxylation is 1. The lowest BCUT2D eigenvalue weighted by molar-refractivity contribution is 0.0514. The van der Waals surface area contributed by atoms with Gasteiger partial charge in [-0.15, -0.1) is 0 Å². The number of carbonyl (C=O) groups is 1. The third-order valence-corrected chi connectivity index (χ3v) is 2.73. The minimum atomic E-state index is -0.288. The fraction of sp³-hybridized carbons (Fsp3) is 0.308. The maximum atomic E-state index is 11.8. The SMILES string of the molecule is CCOC(=O)c1cc2cc(N)ccc2n1CC. The number of hydrogen-bond donors (Lipinski definition) is 1. The van der Waals surface area contributed by atoms with E-state index in [-0.39, 0.29) is 5.97 Å². The minimum absolute atomic E-state index is 0.288. The number of nitrogens with two attached hydrogens (primary N) is 1. The van der Waals surface area contributed by atoms with Crippen molar-refractivity contribution in [3.05, 3.63) is 30.0 Å². The van der Waals surface area contributed by atoms with Crippen LogP contribution < -0.4 is 5.73 Å². The van der Waals surface area contributed by atoms with Crippen molar-refractivity contribution in [1.82, 2.24) is 4.57 Å². The van der Waals surface area contributed by atoms with Crippen molar-refractivity contribution in [3.63, 3.8) is 0 Å². The van der Waals surface area contributed by atoms with Crippen molar-refractivity contribution in [2.24, 2.45) is 0 Å². The third-order valence-electron chi connectivity index (χ3n) is 2.73. The minimum Gasteiger partial charge on any atom is -0.461 e. The van der Waals surface area contributed by atoms with Crippen molar-refractivity contribution in [2.75, 3.05) is 12.3 Å². The van der Waals surface area contributed by atoms with Gasteiger partial charge in [0.1, 0.15) is 5.69 Å². The summed E-state index contributed by atoms with van der Waals surface area (Å²) in [5.74, 6) is -0.288. The van der Waals surface area contributed by atoms with E-state index in [9.17, 15) is 4.79 Å². The molecule has 0 saturated heterocycles. The van der Waals surface area contributed by atoms with Crippen LogP contribution in [-0.2, 0) is 11.3 Å². The van der Waals surface area contributed by atoms with Gasteiger partial charge in [-0.05, 0) is 38.1 Å². The zero-order chi connectivity index (χ0) is 12.4. The van der Waals surface area contributed by atoms with E-state index >= 15 is 0 Å². The van der Waals surface area contributed by atoms with Gasteiger partial charge in [0.05, 0.1) is 6.61 Å². The number of aromatic nitrogens is 1. The molecule has 1 heterocycles. The molecule has 2 rings (SSSR count). The topological polar surface area (TPSA) is 57.2 Å². The molecule has 0 saturated carbocycles. The molecule has 0 radical (unpaired) electrons. The van der Waals surface area contributed by atoms with Crippen molar-refractivity contribution >= 4 is 22.6 Å². The first-order chi connectivity index (χ1) is 8.17. The number of rotatable bonds is 3. The van der Waals surface area contributed by atoms with E-state index in [1.807, 2.05) is 35.8 Å². The summed E-state index contributed by atoms with van der Waals surface area (Å²) >= 11 is 0. The van der Waals surface area contributed by atoms with Gasteiger partial charge in [0, 0.05) is 23.1 Å². The standard InChI is InChI=1S/C13H16N2O2/c1-3-15-11-6-5-10(14)7-9(11)8-12(15)13(16)17-4-2/h5-8H,3-4,14H2,1-2H3. The monoisotopic (exact) mass is 232 g/mol. The maximum Gasteiger partial charge on any atom is 0.354 e. The van der Waals surface area contributed by atoms with Gasteiger partial charge in [-0.25, -0.2) is 4.79 Å². The zero-order valence-corrected chi connectivity index (χ0v) is 10.1. The van der Waals surface area contributed by atoms with Gasteiger partial charge in [-0.3, -0.25) is 0 Å². The Kier molecular flexibility index (Phi) is 3.04. The van der Waals surface area contributed by atoms with Crippen LogP contribution in [0.3, 0.4) is 0 Å². The highest BCUT2D eigenvalue weighted by molar-refractivity contribution is 5.96. The summed E-state index contributed by atoms with van der Waals surface area (Å²) in [5.41, 5.74) is 8.01.